The maximum atomic E-state index is 3.96. The first-order chi connectivity index (χ1) is 16.3. The van der Waals surface area contributed by atoms with Gasteiger partial charge in [0.2, 0.25) is 0 Å². The lowest BCUT2D eigenvalue weighted by atomic mass is 9.94. The van der Waals surface area contributed by atoms with Crippen LogP contribution in [0.25, 0.3) is 65.9 Å². The molecule has 0 radical (unpaired) electrons. The highest BCUT2D eigenvalue weighted by atomic mass is 15.0. The van der Waals surface area contributed by atoms with Crippen molar-refractivity contribution in [1.29, 1.82) is 0 Å². The molecule has 0 aliphatic carbocycles. The molecule has 0 atom stereocenters. The van der Waals surface area contributed by atoms with E-state index in [0.717, 1.165) is 5.56 Å². The minimum Gasteiger partial charge on any atom is -0.309 e. The highest BCUT2D eigenvalue weighted by molar-refractivity contribution is 6.25. The molecule has 7 aromatic rings. The van der Waals surface area contributed by atoms with Crippen LogP contribution in [0.5, 0.6) is 0 Å². The van der Waals surface area contributed by atoms with Gasteiger partial charge in [-0.2, -0.15) is 0 Å². The number of fused-ring (bicyclic) bond motifs is 9. The largest absolute Gasteiger partial charge is 0.309 e. The van der Waals surface area contributed by atoms with Crippen LogP contribution in [0.3, 0.4) is 0 Å². The summed E-state index contributed by atoms with van der Waals surface area (Å²) in [6, 6.07) is 39.7. The Hall–Kier alpha value is -4.36. The van der Waals surface area contributed by atoms with E-state index in [9.17, 15) is 0 Å². The Morgan fingerprint density at radius 1 is 0.455 bits per heavy atom. The molecule has 0 N–H and O–H groups in total. The molecule has 0 aliphatic heterocycles. The SMILES string of the molecule is C=Cc1ccc2c(c1)c1ccccc1n2-c1ccc2c3ccccc3c3ccccc3c2c1. The quantitative estimate of drug-likeness (QED) is 0.247. The summed E-state index contributed by atoms with van der Waals surface area (Å²) in [7, 11) is 0. The summed E-state index contributed by atoms with van der Waals surface area (Å²) < 4.78 is 2.39. The molecule has 0 fully saturated rings. The number of para-hydroxylation sites is 1. The minimum absolute atomic E-state index is 1.14. The molecule has 0 saturated carbocycles. The van der Waals surface area contributed by atoms with Crippen molar-refractivity contribution in [3.63, 3.8) is 0 Å². The fourth-order valence-electron chi connectivity index (χ4n) is 5.43. The molecular weight excluding hydrogens is 398 g/mol. The van der Waals surface area contributed by atoms with Crippen LogP contribution in [0.15, 0.2) is 116 Å². The van der Waals surface area contributed by atoms with Gasteiger partial charge in [-0.25, -0.2) is 0 Å². The molecule has 0 amide bonds. The van der Waals surface area contributed by atoms with Gasteiger partial charge in [-0.1, -0.05) is 91.5 Å². The number of rotatable bonds is 2. The van der Waals surface area contributed by atoms with Crippen molar-refractivity contribution < 1.29 is 0 Å². The van der Waals surface area contributed by atoms with E-state index >= 15 is 0 Å². The molecule has 0 bridgehead atoms. The Labute approximate surface area is 191 Å². The van der Waals surface area contributed by atoms with Crippen LogP contribution >= 0.6 is 0 Å². The van der Waals surface area contributed by atoms with E-state index in [4.69, 9.17) is 0 Å². The second-order valence-corrected chi connectivity index (χ2v) is 8.65. The lowest BCUT2D eigenvalue weighted by Gasteiger charge is -2.13. The minimum atomic E-state index is 1.14. The van der Waals surface area contributed by atoms with Crippen LogP contribution in [0, 0.1) is 0 Å². The number of hydrogen-bond acceptors (Lipinski definition) is 0. The van der Waals surface area contributed by atoms with Crippen molar-refractivity contribution in [3.8, 4) is 5.69 Å². The van der Waals surface area contributed by atoms with E-state index in [1.54, 1.807) is 0 Å². The number of benzene rings is 6. The summed E-state index contributed by atoms with van der Waals surface area (Å²) in [6.07, 6.45) is 1.92. The summed E-state index contributed by atoms with van der Waals surface area (Å²) in [5.41, 5.74) is 4.76. The molecule has 1 heterocycles. The van der Waals surface area contributed by atoms with Crippen molar-refractivity contribution in [2.24, 2.45) is 0 Å². The zero-order valence-electron chi connectivity index (χ0n) is 18.1. The molecular formula is C32H21N. The summed E-state index contributed by atoms with van der Waals surface area (Å²) in [5, 5.41) is 10.3. The molecule has 1 aromatic heterocycles. The van der Waals surface area contributed by atoms with Gasteiger partial charge in [0, 0.05) is 16.5 Å². The highest BCUT2D eigenvalue weighted by Crippen LogP contribution is 2.38. The molecule has 7 rings (SSSR count). The van der Waals surface area contributed by atoms with Crippen LogP contribution < -0.4 is 0 Å². The van der Waals surface area contributed by atoms with E-state index in [1.165, 1.54) is 59.8 Å². The first-order valence-electron chi connectivity index (χ1n) is 11.3. The predicted molar refractivity (Wildman–Crippen MR) is 143 cm³/mol. The number of hydrogen-bond donors (Lipinski definition) is 0. The Kier molecular flexibility index (Phi) is 3.77. The highest BCUT2D eigenvalue weighted by Gasteiger charge is 2.14. The molecule has 6 aromatic carbocycles. The molecule has 33 heavy (non-hydrogen) atoms. The van der Waals surface area contributed by atoms with Gasteiger partial charge in [0.05, 0.1) is 11.0 Å². The van der Waals surface area contributed by atoms with E-state index in [-0.39, 0.29) is 0 Å². The van der Waals surface area contributed by atoms with Crippen LogP contribution in [-0.2, 0) is 0 Å². The van der Waals surface area contributed by atoms with Crippen molar-refractivity contribution in [1.82, 2.24) is 4.57 Å². The van der Waals surface area contributed by atoms with Crippen molar-refractivity contribution in [2.75, 3.05) is 0 Å². The van der Waals surface area contributed by atoms with E-state index in [1.807, 2.05) is 6.08 Å². The topological polar surface area (TPSA) is 4.93 Å². The van der Waals surface area contributed by atoms with E-state index < -0.39 is 0 Å². The number of aromatic nitrogens is 1. The molecule has 1 heteroatoms. The van der Waals surface area contributed by atoms with Crippen molar-refractivity contribution in [3.05, 3.63) is 121 Å². The molecule has 1 nitrogen and oxygen atoms in total. The second-order valence-electron chi connectivity index (χ2n) is 8.65. The first-order valence-corrected chi connectivity index (χ1v) is 11.3. The van der Waals surface area contributed by atoms with Crippen molar-refractivity contribution in [2.45, 2.75) is 0 Å². The Balaban J connectivity index is 1.63. The van der Waals surface area contributed by atoms with Crippen LogP contribution in [0.4, 0.5) is 0 Å². The molecule has 0 saturated heterocycles. The summed E-state index contributed by atoms with van der Waals surface area (Å²) >= 11 is 0. The molecule has 154 valence electrons. The standard InChI is InChI=1S/C32H21N/c1-2-21-15-18-32-30(19-21)28-13-7-8-14-31(28)33(32)22-16-17-27-25-11-4-3-9-23(25)24-10-5-6-12-26(24)29(27)20-22/h2-20H,1H2. The third-order valence-corrected chi connectivity index (χ3v) is 6.92. The zero-order chi connectivity index (χ0) is 21.9. The summed E-state index contributed by atoms with van der Waals surface area (Å²) in [6.45, 7) is 3.96. The third kappa shape index (κ3) is 2.54. The third-order valence-electron chi connectivity index (χ3n) is 6.92. The lowest BCUT2D eigenvalue weighted by Crippen LogP contribution is -1.94. The van der Waals surface area contributed by atoms with Gasteiger partial charge in [-0.05, 0) is 68.2 Å². The summed E-state index contributed by atoms with van der Waals surface area (Å²) in [5.74, 6) is 0. The molecule has 0 spiro atoms. The predicted octanol–water partition coefficient (Wildman–Crippen LogP) is 8.89. The fraction of sp³-hybridized carbons (Fsp3) is 0. The van der Waals surface area contributed by atoms with Crippen LogP contribution in [0.1, 0.15) is 5.56 Å². The van der Waals surface area contributed by atoms with E-state index in [0.29, 0.717) is 0 Å². The lowest BCUT2D eigenvalue weighted by molar-refractivity contribution is 1.19. The van der Waals surface area contributed by atoms with Crippen LogP contribution in [-0.4, -0.2) is 4.57 Å². The van der Waals surface area contributed by atoms with Gasteiger partial charge in [-0.3, -0.25) is 0 Å². The van der Waals surface area contributed by atoms with Crippen molar-refractivity contribution >= 4 is 60.2 Å². The summed E-state index contributed by atoms with van der Waals surface area (Å²) in [4.78, 5) is 0. The Morgan fingerprint density at radius 2 is 1.00 bits per heavy atom. The Bertz CT molecular complexity index is 1850. The molecule has 0 aliphatic rings. The van der Waals surface area contributed by atoms with E-state index in [2.05, 4.69) is 120 Å². The van der Waals surface area contributed by atoms with Gasteiger partial charge >= 0.3 is 0 Å². The van der Waals surface area contributed by atoms with Gasteiger partial charge in [0.15, 0.2) is 0 Å². The fourth-order valence-corrected chi connectivity index (χ4v) is 5.43. The monoisotopic (exact) mass is 419 g/mol. The van der Waals surface area contributed by atoms with Gasteiger partial charge < -0.3 is 4.57 Å². The maximum absolute atomic E-state index is 3.96. The molecule has 0 unspecified atom stereocenters. The van der Waals surface area contributed by atoms with Gasteiger partial charge in [0.1, 0.15) is 0 Å². The second kappa shape index (κ2) is 6.82. The average molecular weight is 420 g/mol. The Morgan fingerprint density at radius 3 is 1.67 bits per heavy atom. The smallest absolute Gasteiger partial charge is 0.0541 e. The zero-order valence-corrected chi connectivity index (χ0v) is 18.1. The normalized spacial score (nSPS) is 11.8. The average Bonchev–Trinajstić information content (AvgIpc) is 3.22. The first kappa shape index (κ1) is 18.2. The van der Waals surface area contributed by atoms with Gasteiger partial charge in [0.25, 0.3) is 0 Å². The van der Waals surface area contributed by atoms with Gasteiger partial charge in [-0.15, -0.1) is 0 Å². The maximum Gasteiger partial charge on any atom is 0.0541 e. The number of nitrogens with zero attached hydrogens (tertiary/aromatic N) is 1. The van der Waals surface area contributed by atoms with Crippen LogP contribution in [0.2, 0.25) is 0 Å².